The summed E-state index contributed by atoms with van der Waals surface area (Å²) in [6.07, 6.45) is 0. The highest BCUT2D eigenvalue weighted by Gasteiger charge is 2.44. The Labute approximate surface area is 229 Å². The molecule has 0 amide bonds. The van der Waals surface area contributed by atoms with E-state index in [1.807, 2.05) is 115 Å². The first kappa shape index (κ1) is 24.8. The lowest BCUT2D eigenvalue weighted by Gasteiger charge is -2.42. The standard InChI is InChI=1S/C34H28NO3P/c1-37-28-21-17-25(18-22-28)33-31-15-9-10-16-32(31)39(36,30-13-7-4-8-14-30)35(27-11-5-3-6-12-27)34(33)26-19-23-29(38-2)24-20-26/h3-24H,1-2H3. The largest absolute Gasteiger partial charge is 0.497 e. The molecule has 1 heterocycles. The summed E-state index contributed by atoms with van der Waals surface area (Å²) >= 11 is 0. The molecule has 5 aromatic rings. The van der Waals surface area contributed by atoms with Gasteiger partial charge < -0.3 is 9.47 Å². The molecule has 0 aromatic heterocycles. The topological polar surface area (TPSA) is 38.8 Å². The van der Waals surface area contributed by atoms with Crippen molar-refractivity contribution in [2.75, 3.05) is 18.9 Å². The van der Waals surface area contributed by atoms with Crippen LogP contribution in [-0.2, 0) is 4.57 Å². The zero-order chi connectivity index (χ0) is 26.8. The molecule has 6 rings (SSSR count). The van der Waals surface area contributed by atoms with E-state index in [2.05, 4.69) is 22.9 Å². The van der Waals surface area contributed by atoms with Crippen LogP contribution < -0.4 is 24.8 Å². The monoisotopic (exact) mass is 529 g/mol. The van der Waals surface area contributed by atoms with Crippen molar-refractivity contribution in [1.29, 1.82) is 0 Å². The van der Waals surface area contributed by atoms with Crippen molar-refractivity contribution in [1.82, 2.24) is 0 Å². The van der Waals surface area contributed by atoms with E-state index in [1.54, 1.807) is 14.2 Å². The number of methoxy groups -OCH3 is 2. The lowest BCUT2D eigenvalue weighted by Crippen LogP contribution is -2.37. The molecule has 0 bridgehead atoms. The summed E-state index contributed by atoms with van der Waals surface area (Å²) in [4.78, 5) is 0. The smallest absolute Gasteiger partial charge is 0.234 e. The molecule has 0 N–H and O–H groups in total. The minimum absolute atomic E-state index is 0.763. The third-order valence-electron chi connectivity index (χ3n) is 7.08. The van der Waals surface area contributed by atoms with Crippen molar-refractivity contribution < 1.29 is 14.0 Å². The van der Waals surface area contributed by atoms with E-state index in [1.165, 1.54) is 0 Å². The third-order valence-corrected chi connectivity index (χ3v) is 10.1. The Balaban J connectivity index is 1.77. The van der Waals surface area contributed by atoms with Crippen LogP contribution in [0.1, 0.15) is 16.7 Å². The molecular weight excluding hydrogens is 501 g/mol. The lowest BCUT2D eigenvalue weighted by atomic mass is 9.92. The molecule has 1 unspecified atom stereocenters. The van der Waals surface area contributed by atoms with Crippen LogP contribution in [0.2, 0.25) is 0 Å². The summed E-state index contributed by atoms with van der Waals surface area (Å²) in [5.41, 5.74) is 5.64. The molecule has 39 heavy (non-hydrogen) atoms. The molecule has 1 atom stereocenters. The Morgan fingerprint density at radius 2 is 1.08 bits per heavy atom. The van der Waals surface area contributed by atoms with Crippen LogP contribution in [-0.4, -0.2) is 14.2 Å². The van der Waals surface area contributed by atoms with Crippen LogP contribution in [0.25, 0.3) is 11.3 Å². The SMILES string of the molecule is COc1ccc(C2=C(c3ccc(OC)cc3)N(c3ccccc3)P(=O)(c3ccccc3)c3ccccc32)cc1. The predicted molar refractivity (Wildman–Crippen MR) is 161 cm³/mol. The highest BCUT2D eigenvalue weighted by atomic mass is 31.2. The van der Waals surface area contributed by atoms with Gasteiger partial charge in [-0.1, -0.05) is 66.7 Å². The Morgan fingerprint density at radius 3 is 1.67 bits per heavy atom. The fourth-order valence-corrected chi connectivity index (χ4v) is 8.30. The van der Waals surface area contributed by atoms with E-state index in [-0.39, 0.29) is 0 Å². The molecule has 1 aliphatic heterocycles. The van der Waals surface area contributed by atoms with E-state index in [0.29, 0.717) is 0 Å². The van der Waals surface area contributed by atoms with E-state index >= 15 is 4.57 Å². The van der Waals surface area contributed by atoms with Gasteiger partial charge in [0, 0.05) is 21.9 Å². The molecule has 5 heteroatoms. The van der Waals surface area contributed by atoms with Gasteiger partial charge in [-0.05, 0) is 83.4 Å². The maximum atomic E-state index is 15.8. The number of hydrogen-bond acceptors (Lipinski definition) is 3. The van der Waals surface area contributed by atoms with Crippen molar-refractivity contribution in [2.24, 2.45) is 0 Å². The molecule has 4 nitrogen and oxygen atoms in total. The highest BCUT2D eigenvalue weighted by molar-refractivity contribution is 7.80. The van der Waals surface area contributed by atoms with Gasteiger partial charge in [0.15, 0.2) is 0 Å². The second kappa shape index (κ2) is 10.3. The van der Waals surface area contributed by atoms with Crippen LogP contribution in [0.4, 0.5) is 5.69 Å². The van der Waals surface area contributed by atoms with Gasteiger partial charge in [0.05, 0.1) is 19.9 Å². The number of nitrogens with zero attached hydrogens (tertiary/aromatic N) is 1. The molecule has 0 saturated carbocycles. The van der Waals surface area contributed by atoms with Crippen molar-refractivity contribution >= 4 is 34.9 Å². The van der Waals surface area contributed by atoms with E-state index in [4.69, 9.17) is 9.47 Å². The first-order valence-corrected chi connectivity index (χ1v) is 14.5. The van der Waals surface area contributed by atoms with Gasteiger partial charge in [-0.3, -0.25) is 9.24 Å². The Hall–Kier alpha value is -4.53. The summed E-state index contributed by atoms with van der Waals surface area (Å²) in [7, 11) is -0.0544. The molecule has 1 aliphatic rings. The Kier molecular flexibility index (Phi) is 6.56. The Morgan fingerprint density at radius 1 is 0.564 bits per heavy atom. The number of fused-ring (bicyclic) bond motifs is 1. The van der Waals surface area contributed by atoms with Crippen LogP contribution in [0.15, 0.2) is 133 Å². The van der Waals surface area contributed by atoms with Gasteiger partial charge in [-0.2, -0.15) is 0 Å². The van der Waals surface area contributed by atoms with Gasteiger partial charge in [-0.25, -0.2) is 0 Å². The van der Waals surface area contributed by atoms with Gasteiger partial charge in [0.25, 0.3) is 0 Å². The summed E-state index contributed by atoms with van der Waals surface area (Å²) in [5, 5.41) is 1.59. The maximum absolute atomic E-state index is 15.8. The number of hydrogen-bond donors (Lipinski definition) is 0. The lowest BCUT2D eigenvalue weighted by molar-refractivity contribution is 0.414. The molecule has 0 radical (unpaired) electrons. The summed E-state index contributed by atoms with van der Waals surface area (Å²) in [5.74, 6) is 1.54. The van der Waals surface area contributed by atoms with Crippen LogP contribution in [0.5, 0.6) is 11.5 Å². The molecule has 0 fully saturated rings. The van der Waals surface area contributed by atoms with Crippen molar-refractivity contribution in [3.8, 4) is 11.5 Å². The second-order valence-electron chi connectivity index (χ2n) is 9.26. The zero-order valence-electron chi connectivity index (χ0n) is 21.8. The third kappa shape index (κ3) is 4.24. The number of anilines is 1. The average molecular weight is 530 g/mol. The fraction of sp³-hybridized carbons (Fsp3) is 0.0588. The maximum Gasteiger partial charge on any atom is 0.234 e. The zero-order valence-corrected chi connectivity index (χ0v) is 22.7. The number of ether oxygens (including phenoxy) is 2. The van der Waals surface area contributed by atoms with E-state index in [0.717, 1.165) is 55.8 Å². The first-order chi connectivity index (χ1) is 19.1. The molecule has 192 valence electrons. The van der Waals surface area contributed by atoms with Crippen molar-refractivity contribution in [3.05, 3.63) is 150 Å². The molecular formula is C34H28NO3P. The molecule has 0 spiro atoms. The van der Waals surface area contributed by atoms with Gasteiger partial charge in [0.2, 0.25) is 7.29 Å². The molecule has 5 aromatic carbocycles. The van der Waals surface area contributed by atoms with E-state index in [9.17, 15) is 0 Å². The number of para-hydroxylation sites is 1. The summed E-state index contributed by atoms with van der Waals surface area (Å²) in [6.45, 7) is 0. The van der Waals surface area contributed by atoms with Crippen LogP contribution >= 0.6 is 7.29 Å². The van der Waals surface area contributed by atoms with Crippen LogP contribution in [0, 0.1) is 0 Å². The minimum atomic E-state index is -3.38. The average Bonchev–Trinajstić information content (AvgIpc) is 3.02. The quantitative estimate of drug-likeness (QED) is 0.215. The number of rotatable bonds is 6. The van der Waals surface area contributed by atoms with Crippen molar-refractivity contribution in [3.63, 3.8) is 0 Å². The number of benzene rings is 5. The molecule has 0 saturated heterocycles. The minimum Gasteiger partial charge on any atom is -0.497 e. The van der Waals surface area contributed by atoms with Crippen molar-refractivity contribution in [2.45, 2.75) is 0 Å². The van der Waals surface area contributed by atoms with Gasteiger partial charge in [-0.15, -0.1) is 0 Å². The fourth-order valence-electron chi connectivity index (χ4n) is 5.24. The summed E-state index contributed by atoms with van der Waals surface area (Å²) < 4.78 is 28.8. The normalized spacial score (nSPS) is 16.5. The first-order valence-electron chi connectivity index (χ1n) is 12.8. The van der Waals surface area contributed by atoms with Crippen LogP contribution in [0.3, 0.4) is 0 Å². The molecule has 0 aliphatic carbocycles. The predicted octanol–water partition coefficient (Wildman–Crippen LogP) is 7.37. The highest BCUT2D eigenvalue weighted by Crippen LogP contribution is 2.60. The summed E-state index contributed by atoms with van der Waals surface area (Å²) in [6, 6.07) is 43.9. The van der Waals surface area contributed by atoms with Gasteiger partial charge in [0.1, 0.15) is 11.5 Å². The second-order valence-corrected chi connectivity index (χ2v) is 11.8. The van der Waals surface area contributed by atoms with Gasteiger partial charge >= 0.3 is 0 Å². The Bertz CT molecular complexity index is 1680. The van der Waals surface area contributed by atoms with E-state index < -0.39 is 7.29 Å².